The first-order valence-electron chi connectivity index (χ1n) is 7.66. The molecule has 2 heterocycles. The maximum Gasteiger partial charge on any atom is 0.319 e. The fourth-order valence-corrected chi connectivity index (χ4v) is 3.52. The molecule has 0 bridgehead atoms. The molecule has 0 radical (unpaired) electrons. The first-order valence-corrected chi connectivity index (χ1v) is 8.54. The van der Waals surface area contributed by atoms with Gasteiger partial charge in [0.1, 0.15) is 0 Å². The molecule has 0 saturated heterocycles. The Hall–Kier alpha value is -2.60. The highest BCUT2D eigenvalue weighted by Gasteiger charge is 2.31. The summed E-state index contributed by atoms with van der Waals surface area (Å²) >= 11 is 1.51. The van der Waals surface area contributed by atoms with Gasteiger partial charge in [0.25, 0.3) is 5.91 Å². The number of carbonyl (C=O) groups is 2. The second-order valence-electron chi connectivity index (χ2n) is 5.79. The van der Waals surface area contributed by atoms with E-state index in [0.29, 0.717) is 11.3 Å². The van der Waals surface area contributed by atoms with Crippen LogP contribution in [0.2, 0.25) is 0 Å². The summed E-state index contributed by atoms with van der Waals surface area (Å²) in [7, 11) is 0. The van der Waals surface area contributed by atoms with Crippen LogP contribution in [0.15, 0.2) is 47.0 Å². The van der Waals surface area contributed by atoms with E-state index in [1.165, 1.54) is 11.3 Å². The van der Waals surface area contributed by atoms with Crippen LogP contribution in [0.5, 0.6) is 0 Å². The van der Waals surface area contributed by atoms with Gasteiger partial charge < -0.3 is 16.0 Å². The number of benzene rings is 1. The first-order chi connectivity index (χ1) is 11.5. The number of carbonyl (C=O) groups excluding carboxylic acids is 2. The summed E-state index contributed by atoms with van der Waals surface area (Å²) in [4.78, 5) is 25.6. The van der Waals surface area contributed by atoms with Gasteiger partial charge in [0, 0.05) is 16.3 Å². The van der Waals surface area contributed by atoms with Crippen molar-refractivity contribution in [2.24, 2.45) is 0 Å². The summed E-state index contributed by atoms with van der Waals surface area (Å²) in [6, 6.07) is 8.88. The van der Waals surface area contributed by atoms with Crippen molar-refractivity contribution in [1.29, 1.82) is 0 Å². The van der Waals surface area contributed by atoms with Gasteiger partial charge in [0.2, 0.25) is 0 Å². The van der Waals surface area contributed by atoms with Gasteiger partial charge in [-0.3, -0.25) is 4.79 Å². The van der Waals surface area contributed by atoms with Crippen LogP contribution in [0.1, 0.15) is 29.0 Å². The van der Waals surface area contributed by atoms with Crippen LogP contribution in [0.4, 0.5) is 10.5 Å². The number of hydrogen-bond donors (Lipinski definition) is 3. The lowest BCUT2D eigenvalue weighted by atomic mass is 10.00. The zero-order valence-corrected chi connectivity index (χ0v) is 14.6. The molecule has 124 valence electrons. The molecule has 1 atom stereocenters. The number of amides is 3. The zero-order valence-electron chi connectivity index (χ0n) is 13.8. The Kier molecular flexibility index (Phi) is 4.40. The first kappa shape index (κ1) is 16.3. The van der Waals surface area contributed by atoms with Crippen LogP contribution >= 0.6 is 11.3 Å². The minimum Gasteiger partial charge on any atom is -0.326 e. The average Bonchev–Trinajstić information content (AvgIpc) is 3.05. The van der Waals surface area contributed by atoms with Crippen LogP contribution in [-0.2, 0) is 4.79 Å². The molecule has 1 aliphatic heterocycles. The van der Waals surface area contributed by atoms with Crippen LogP contribution < -0.4 is 16.0 Å². The SMILES string of the molecule is CC1=C(C(=O)Nc2cccc(C)c2C)[C@@H](c2cccs2)NC(=O)N1. The number of rotatable bonds is 3. The molecular formula is C18H19N3O2S. The largest absolute Gasteiger partial charge is 0.326 e. The van der Waals surface area contributed by atoms with Crippen molar-refractivity contribution in [3.8, 4) is 0 Å². The van der Waals surface area contributed by atoms with Gasteiger partial charge >= 0.3 is 6.03 Å². The normalized spacial score (nSPS) is 17.3. The van der Waals surface area contributed by atoms with Crippen molar-refractivity contribution in [2.45, 2.75) is 26.8 Å². The summed E-state index contributed by atoms with van der Waals surface area (Å²) in [5.41, 5.74) is 4.02. The Labute approximate surface area is 144 Å². The Balaban J connectivity index is 1.95. The van der Waals surface area contributed by atoms with Gasteiger partial charge in [0.15, 0.2) is 0 Å². The number of aryl methyl sites for hydroxylation is 1. The predicted molar refractivity (Wildman–Crippen MR) is 96.0 cm³/mol. The molecule has 0 spiro atoms. The highest BCUT2D eigenvalue weighted by Crippen LogP contribution is 2.31. The van der Waals surface area contributed by atoms with Crippen molar-refractivity contribution >= 4 is 29.0 Å². The Morgan fingerprint density at radius 3 is 2.67 bits per heavy atom. The number of hydrogen-bond acceptors (Lipinski definition) is 3. The van der Waals surface area contributed by atoms with E-state index in [2.05, 4.69) is 16.0 Å². The number of urea groups is 1. The molecule has 3 N–H and O–H groups in total. The molecule has 0 fully saturated rings. The molecule has 0 aliphatic carbocycles. The van der Waals surface area contributed by atoms with Crippen LogP contribution in [-0.4, -0.2) is 11.9 Å². The maximum atomic E-state index is 12.9. The molecule has 0 unspecified atom stereocenters. The van der Waals surface area contributed by atoms with E-state index in [0.717, 1.165) is 21.7 Å². The van der Waals surface area contributed by atoms with Crippen LogP contribution in [0.3, 0.4) is 0 Å². The van der Waals surface area contributed by atoms with Gasteiger partial charge in [-0.05, 0) is 49.4 Å². The van der Waals surface area contributed by atoms with E-state index in [1.54, 1.807) is 6.92 Å². The highest BCUT2D eigenvalue weighted by atomic mass is 32.1. The maximum absolute atomic E-state index is 12.9. The molecule has 0 saturated carbocycles. The number of allylic oxidation sites excluding steroid dienone is 1. The van der Waals surface area contributed by atoms with Gasteiger partial charge in [-0.25, -0.2) is 4.79 Å². The smallest absolute Gasteiger partial charge is 0.319 e. The molecular weight excluding hydrogens is 322 g/mol. The van der Waals surface area contributed by atoms with Crippen molar-refractivity contribution in [3.05, 3.63) is 63.0 Å². The summed E-state index contributed by atoms with van der Waals surface area (Å²) in [5.74, 6) is -0.216. The topological polar surface area (TPSA) is 70.2 Å². The minimum atomic E-state index is -0.441. The summed E-state index contributed by atoms with van der Waals surface area (Å²) in [5, 5.41) is 10.4. The third-order valence-electron chi connectivity index (χ3n) is 4.19. The molecule has 3 rings (SSSR count). The van der Waals surface area contributed by atoms with E-state index in [9.17, 15) is 9.59 Å². The van der Waals surface area contributed by atoms with E-state index in [1.807, 2.05) is 49.6 Å². The second-order valence-corrected chi connectivity index (χ2v) is 6.77. The number of thiophene rings is 1. The molecule has 1 aromatic carbocycles. The average molecular weight is 341 g/mol. The third-order valence-corrected chi connectivity index (χ3v) is 5.13. The molecule has 24 heavy (non-hydrogen) atoms. The predicted octanol–water partition coefficient (Wildman–Crippen LogP) is 3.63. The van der Waals surface area contributed by atoms with Gasteiger partial charge in [-0.2, -0.15) is 0 Å². The second kappa shape index (κ2) is 6.49. The van der Waals surface area contributed by atoms with Crippen molar-refractivity contribution < 1.29 is 9.59 Å². The minimum absolute atomic E-state index is 0.216. The fourth-order valence-electron chi connectivity index (χ4n) is 2.74. The Morgan fingerprint density at radius 1 is 1.17 bits per heavy atom. The van der Waals surface area contributed by atoms with Crippen molar-refractivity contribution in [1.82, 2.24) is 10.6 Å². The number of nitrogens with one attached hydrogen (secondary N) is 3. The van der Waals surface area contributed by atoms with Crippen LogP contribution in [0.25, 0.3) is 0 Å². The quantitative estimate of drug-likeness (QED) is 0.798. The third kappa shape index (κ3) is 3.05. The van der Waals surface area contributed by atoms with E-state index in [4.69, 9.17) is 0 Å². The lowest BCUT2D eigenvalue weighted by molar-refractivity contribution is -0.113. The molecule has 3 amide bonds. The summed E-state index contributed by atoms with van der Waals surface area (Å²) < 4.78 is 0. The molecule has 6 heteroatoms. The molecule has 2 aromatic rings. The van der Waals surface area contributed by atoms with Gasteiger partial charge in [-0.1, -0.05) is 18.2 Å². The monoisotopic (exact) mass is 341 g/mol. The van der Waals surface area contributed by atoms with Crippen LogP contribution in [0, 0.1) is 13.8 Å². The van der Waals surface area contributed by atoms with Crippen molar-refractivity contribution in [2.75, 3.05) is 5.32 Å². The summed E-state index contributed by atoms with van der Waals surface area (Å²) in [6.07, 6.45) is 0. The fraction of sp³-hybridized carbons (Fsp3) is 0.222. The van der Waals surface area contributed by atoms with E-state index >= 15 is 0 Å². The number of anilines is 1. The van der Waals surface area contributed by atoms with Gasteiger partial charge in [0.05, 0.1) is 11.6 Å². The molecule has 1 aromatic heterocycles. The standard InChI is InChI=1S/C18H19N3O2S/c1-10-6-4-7-13(11(10)2)20-17(22)15-12(3)19-18(23)21-16(15)14-8-5-9-24-14/h4-9,16H,1-3H3,(H,20,22)(H2,19,21,23)/t16-/m1/s1. The highest BCUT2D eigenvalue weighted by molar-refractivity contribution is 7.10. The van der Waals surface area contributed by atoms with E-state index in [-0.39, 0.29) is 11.9 Å². The van der Waals surface area contributed by atoms with E-state index < -0.39 is 6.04 Å². The lowest BCUT2D eigenvalue weighted by Crippen LogP contribution is -2.45. The molecule has 1 aliphatic rings. The molecule has 5 nitrogen and oxygen atoms in total. The van der Waals surface area contributed by atoms with Crippen molar-refractivity contribution in [3.63, 3.8) is 0 Å². The summed E-state index contributed by atoms with van der Waals surface area (Å²) in [6.45, 7) is 5.73. The van der Waals surface area contributed by atoms with Gasteiger partial charge in [-0.15, -0.1) is 11.3 Å². The Bertz CT molecular complexity index is 825. The lowest BCUT2D eigenvalue weighted by Gasteiger charge is -2.28. The zero-order chi connectivity index (χ0) is 17.3. The Morgan fingerprint density at radius 2 is 1.96 bits per heavy atom.